The molecule has 0 aliphatic carbocycles. The van der Waals surface area contributed by atoms with Crippen molar-refractivity contribution in [1.29, 1.82) is 0 Å². The van der Waals surface area contributed by atoms with E-state index >= 15 is 0 Å². The van der Waals surface area contributed by atoms with Gasteiger partial charge in [-0.1, -0.05) is 41.9 Å². The van der Waals surface area contributed by atoms with Gasteiger partial charge in [0.15, 0.2) is 6.61 Å². The number of fused-ring (bicyclic) bond motifs is 1. The molecule has 0 saturated heterocycles. The Morgan fingerprint density at radius 2 is 1.88 bits per heavy atom. The second-order valence-electron chi connectivity index (χ2n) is 7.68. The van der Waals surface area contributed by atoms with Crippen molar-refractivity contribution in [3.8, 4) is 5.75 Å². The first kappa shape index (κ1) is 23.1. The van der Waals surface area contributed by atoms with Crippen molar-refractivity contribution in [3.63, 3.8) is 0 Å². The van der Waals surface area contributed by atoms with Crippen molar-refractivity contribution in [1.82, 2.24) is 5.32 Å². The molecule has 0 bridgehead atoms. The highest BCUT2D eigenvalue weighted by Gasteiger charge is 2.31. The van der Waals surface area contributed by atoms with Gasteiger partial charge < -0.3 is 10.1 Å². The quantitative estimate of drug-likeness (QED) is 0.532. The van der Waals surface area contributed by atoms with Crippen LogP contribution in [0.4, 0.5) is 10.1 Å². The van der Waals surface area contributed by atoms with Crippen molar-refractivity contribution >= 4 is 33.2 Å². The Labute approximate surface area is 197 Å². The molecule has 0 saturated carbocycles. The molecule has 172 valence electrons. The van der Waals surface area contributed by atoms with Crippen molar-refractivity contribution in [2.24, 2.45) is 0 Å². The van der Waals surface area contributed by atoms with Crippen LogP contribution >= 0.6 is 11.6 Å². The standard InChI is InChI=1S/C24H22ClFN2O4S/c1-16(17-6-8-19(26)9-7-17)27-24(29)15-32-23-11-10-20(14-21(23)25)33(30,31)28-13-12-18-4-2-3-5-22(18)28/h2-11,14,16H,12-13,15H2,1H3,(H,27,29)/t16-/m1/s1. The summed E-state index contributed by atoms with van der Waals surface area (Å²) in [5, 5.41) is 2.84. The first-order chi connectivity index (χ1) is 15.8. The lowest BCUT2D eigenvalue weighted by atomic mass is 10.1. The Morgan fingerprint density at radius 1 is 1.15 bits per heavy atom. The van der Waals surface area contributed by atoms with E-state index in [4.69, 9.17) is 16.3 Å². The van der Waals surface area contributed by atoms with Crippen molar-refractivity contribution < 1.29 is 22.3 Å². The van der Waals surface area contributed by atoms with Crippen LogP contribution in [-0.2, 0) is 21.2 Å². The fourth-order valence-electron chi connectivity index (χ4n) is 3.71. The topological polar surface area (TPSA) is 75.7 Å². The molecule has 33 heavy (non-hydrogen) atoms. The number of carbonyl (C=O) groups excluding carboxylic acids is 1. The SMILES string of the molecule is C[C@@H](NC(=O)COc1ccc(S(=O)(=O)N2CCc3ccccc32)cc1Cl)c1ccc(F)cc1. The second-order valence-corrected chi connectivity index (χ2v) is 9.95. The molecule has 1 atom stereocenters. The molecule has 4 rings (SSSR count). The zero-order chi connectivity index (χ0) is 23.6. The average molecular weight is 489 g/mol. The molecule has 9 heteroatoms. The van der Waals surface area contributed by atoms with E-state index < -0.39 is 15.9 Å². The lowest BCUT2D eigenvalue weighted by Crippen LogP contribution is -2.31. The third-order valence-corrected chi connectivity index (χ3v) is 7.55. The average Bonchev–Trinajstić information content (AvgIpc) is 3.23. The van der Waals surface area contributed by atoms with Gasteiger partial charge in [0.1, 0.15) is 11.6 Å². The van der Waals surface area contributed by atoms with Crippen LogP contribution in [0.3, 0.4) is 0 Å². The number of anilines is 1. The molecule has 1 N–H and O–H groups in total. The van der Waals surface area contributed by atoms with Crippen LogP contribution < -0.4 is 14.4 Å². The number of para-hydroxylation sites is 1. The number of amides is 1. The van der Waals surface area contributed by atoms with Crippen LogP contribution in [-0.4, -0.2) is 27.5 Å². The van der Waals surface area contributed by atoms with E-state index in [1.54, 1.807) is 31.2 Å². The Balaban J connectivity index is 1.41. The van der Waals surface area contributed by atoms with E-state index in [0.29, 0.717) is 18.7 Å². The monoisotopic (exact) mass is 488 g/mol. The molecule has 0 fully saturated rings. The van der Waals surface area contributed by atoms with Crippen LogP contribution in [0.5, 0.6) is 5.75 Å². The molecule has 1 aliphatic heterocycles. The molecule has 0 unspecified atom stereocenters. The van der Waals surface area contributed by atoms with E-state index in [1.165, 1.54) is 34.6 Å². The number of hydrogen-bond acceptors (Lipinski definition) is 4. The number of sulfonamides is 1. The Bertz CT molecular complexity index is 1280. The minimum Gasteiger partial charge on any atom is -0.482 e. The number of ether oxygens (including phenoxy) is 1. The number of rotatable bonds is 7. The summed E-state index contributed by atoms with van der Waals surface area (Å²) in [4.78, 5) is 12.3. The maximum atomic E-state index is 13.1. The fourth-order valence-corrected chi connectivity index (χ4v) is 5.53. The smallest absolute Gasteiger partial charge is 0.264 e. The molecular formula is C24H22ClFN2O4S. The highest BCUT2D eigenvalue weighted by molar-refractivity contribution is 7.92. The van der Waals surface area contributed by atoms with E-state index in [2.05, 4.69) is 5.32 Å². The maximum Gasteiger partial charge on any atom is 0.264 e. The maximum absolute atomic E-state index is 13.1. The van der Waals surface area contributed by atoms with E-state index in [9.17, 15) is 17.6 Å². The molecule has 3 aromatic rings. The molecular weight excluding hydrogens is 467 g/mol. The summed E-state index contributed by atoms with van der Waals surface area (Å²) in [7, 11) is -3.78. The number of hydrogen-bond donors (Lipinski definition) is 1. The predicted octanol–water partition coefficient (Wildman–Crippen LogP) is 4.49. The largest absolute Gasteiger partial charge is 0.482 e. The summed E-state index contributed by atoms with van der Waals surface area (Å²) in [6.07, 6.45) is 0.649. The molecule has 3 aromatic carbocycles. The van der Waals surface area contributed by atoms with E-state index in [1.807, 2.05) is 12.1 Å². The lowest BCUT2D eigenvalue weighted by Gasteiger charge is -2.20. The molecule has 1 aliphatic rings. The van der Waals surface area contributed by atoms with Crippen molar-refractivity contribution in [2.45, 2.75) is 24.3 Å². The Kier molecular flexibility index (Phi) is 6.58. The summed E-state index contributed by atoms with van der Waals surface area (Å²) in [5.74, 6) is -0.551. The van der Waals surface area contributed by atoms with Crippen molar-refractivity contribution in [2.75, 3.05) is 17.5 Å². The minimum atomic E-state index is -3.78. The second kappa shape index (κ2) is 9.41. The fraction of sp³-hybridized carbons (Fsp3) is 0.208. The van der Waals surface area contributed by atoms with E-state index in [-0.39, 0.29) is 34.1 Å². The number of benzene rings is 3. The van der Waals surface area contributed by atoms with Gasteiger partial charge in [0, 0.05) is 6.54 Å². The van der Waals surface area contributed by atoms with Crippen LogP contribution in [0.25, 0.3) is 0 Å². The Hall–Kier alpha value is -3.10. The van der Waals surface area contributed by atoms with Gasteiger partial charge in [-0.05, 0) is 60.9 Å². The third-order valence-electron chi connectivity index (χ3n) is 5.44. The number of nitrogens with zero attached hydrogens (tertiary/aromatic N) is 1. The first-order valence-corrected chi connectivity index (χ1v) is 12.2. The number of halogens is 2. The highest BCUT2D eigenvalue weighted by Crippen LogP contribution is 2.35. The molecule has 1 heterocycles. The van der Waals surface area contributed by atoms with Crippen LogP contribution in [0.15, 0.2) is 71.6 Å². The van der Waals surface area contributed by atoms with Crippen LogP contribution in [0.2, 0.25) is 5.02 Å². The number of carbonyl (C=O) groups is 1. The third kappa shape index (κ3) is 4.96. The summed E-state index contributed by atoms with van der Waals surface area (Å²) in [5.41, 5.74) is 2.40. The van der Waals surface area contributed by atoms with Gasteiger partial charge in [0.2, 0.25) is 0 Å². The molecule has 0 radical (unpaired) electrons. The predicted molar refractivity (Wildman–Crippen MR) is 125 cm³/mol. The Morgan fingerprint density at radius 3 is 2.61 bits per heavy atom. The summed E-state index contributed by atoms with van der Waals surface area (Å²) >= 11 is 6.27. The van der Waals surface area contributed by atoms with Gasteiger partial charge in [-0.3, -0.25) is 9.10 Å². The molecule has 0 aromatic heterocycles. The first-order valence-electron chi connectivity index (χ1n) is 10.3. The zero-order valence-corrected chi connectivity index (χ0v) is 19.4. The summed E-state index contributed by atoms with van der Waals surface area (Å²) in [6.45, 7) is 1.83. The molecule has 6 nitrogen and oxygen atoms in total. The van der Waals surface area contributed by atoms with Gasteiger partial charge >= 0.3 is 0 Å². The normalized spacial score (nSPS) is 14.0. The van der Waals surface area contributed by atoms with Crippen LogP contribution in [0, 0.1) is 5.82 Å². The molecule has 1 amide bonds. The highest BCUT2D eigenvalue weighted by atomic mass is 35.5. The van der Waals surface area contributed by atoms with Gasteiger partial charge in [-0.15, -0.1) is 0 Å². The van der Waals surface area contributed by atoms with Crippen LogP contribution in [0.1, 0.15) is 24.1 Å². The van der Waals surface area contributed by atoms with E-state index in [0.717, 1.165) is 11.1 Å². The van der Waals surface area contributed by atoms with Crippen molar-refractivity contribution in [3.05, 3.63) is 88.7 Å². The summed E-state index contributed by atoms with van der Waals surface area (Å²) in [6, 6.07) is 17.1. The molecule has 0 spiro atoms. The van der Waals surface area contributed by atoms with Gasteiger partial charge in [0.25, 0.3) is 15.9 Å². The summed E-state index contributed by atoms with van der Waals surface area (Å²) < 4.78 is 46.2. The van der Waals surface area contributed by atoms with Gasteiger partial charge in [-0.2, -0.15) is 0 Å². The minimum absolute atomic E-state index is 0.0472. The van der Waals surface area contributed by atoms with Gasteiger partial charge in [-0.25, -0.2) is 12.8 Å². The number of nitrogens with one attached hydrogen (secondary N) is 1. The zero-order valence-electron chi connectivity index (χ0n) is 17.8. The van der Waals surface area contributed by atoms with Gasteiger partial charge in [0.05, 0.1) is 21.6 Å². The lowest BCUT2D eigenvalue weighted by molar-refractivity contribution is -0.123.